The number of nitrogens with one attached hydrogen (secondary N) is 1. The summed E-state index contributed by atoms with van der Waals surface area (Å²) in [5.74, 6) is 0.637. The topological polar surface area (TPSA) is 91.2 Å². The second kappa shape index (κ2) is 6.46. The van der Waals surface area contributed by atoms with Crippen LogP contribution in [0.15, 0.2) is 36.7 Å². The number of aliphatic hydroxyl groups excluding tert-OH is 1. The zero-order chi connectivity index (χ0) is 17.4. The first-order valence-electron chi connectivity index (χ1n) is 8.17. The molecule has 6 nitrogen and oxygen atoms in total. The van der Waals surface area contributed by atoms with E-state index < -0.39 is 0 Å². The number of aromatic hydroxyl groups is 1. The van der Waals surface area contributed by atoms with Gasteiger partial charge in [-0.05, 0) is 43.5 Å². The number of phenolic OH excluding ortho intramolecular Hbond substituents is 1. The Morgan fingerprint density at radius 2 is 2.00 bits per heavy atom. The summed E-state index contributed by atoms with van der Waals surface area (Å²) < 4.78 is 0. The largest absolute Gasteiger partial charge is 0.507 e. The van der Waals surface area contributed by atoms with Gasteiger partial charge in [-0.3, -0.25) is 4.98 Å². The number of aliphatic hydroxyl groups is 1. The molecular weight excluding hydrogens is 340 g/mol. The molecular formula is C18H17ClN4O2. The Morgan fingerprint density at radius 1 is 1.12 bits per heavy atom. The smallest absolute Gasteiger partial charge is 0.158 e. The Kier molecular flexibility index (Phi) is 4.15. The van der Waals surface area contributed by atoms with Crippen molar-refractivity contribution in [3.63, 3.8) is 0 Å². The first-order chi connectivity index (χ1) is 12.1. The van der Waals surface area contributed by atoms with E-state index in [0.717, 1.165) is 30.0 Å². The lowest BCUT2D eigenvalue weighted by Crippen LogP contribution is -2.28. The lowest BCUT2D eigenvalue weighted by molar-refractivity contribution is 0.171. The quantitative estimate of drug-likeness (QED) is 0.666. The maximum absolute atomic E-state index is 10.2. The minimum atomic E-state index is -0.381. The molecule has 3 aromatic rings. The summed E-state index contributed by atoms with van der Waals surface area (Å²) >= 11 is 5.92. The van der Waals surface area contributed by atoms with Crippen LogP contribution in [0.2, 0.25) is 5.02 Å². The van der Waals surface area contributed by atoms with E-state index >= 15 is 0 Å². The molecule has 1 aromatic carbocycles. The summed E-state index contributed by atoms with van der Waals surface area (Å²) in [6, 6.07) is 6.70. The highest BCUT2D eigenvalue weighted by Gasteiger charge is 2.26. The van der Waals surface area contributed by atoms with Crippen LogP contribution in [0.5, 0.6) is 5.75 Å². The lowest BCUT2D eigenvalue weighted by atomic mass is 10.0. The van der Waals surface area contributed by atoms with E-state index in [-0.39, 0.29) is 17.9 Å². The highest BCUT2D eigenvalue weighted by atomic mass is 35.5. The fourth-order valence-corrected chi connectivity index (χ4v) is 3.46. The maximum Gasteiger partial charge on any atom is 0.158 e. The SMILES string of the molecule is Oc1cc(Cl)ccc1-c1nnc(N[C@@H]2CCC[C@H]2O)c2cnccc12. The van der Waals surface area contributed by atoms with Crippen LogP contribution < -0.4 is 5.32 Å². The second-order valence-corrected chi connectivity index (χ2v) is 6.67. The van der Waals surface area contributed by atoms with E-state index in [2.05, 4.69) is 20.5 Å². The predicted octanol–water partition coefficient (Wildman–Crippen LogP) is 3.38. The van der Waals surface area contributed by atoms with Crippen molar-refractivity contribution in [1.82, 2.24) is 15.2 Å². The van der Waals surface area contributed by atoms with Gasteiger partial charge in [-0.2, -0.15) is 0 Å². The molecule has 25 heavy (non-hydrogen) atoms. The van der Waals surface area contributed by atoms with Gasteiger partial charge in [-0.15, -0.1) is 10.2 Å². The average Bonchev–Trinajstić information content (AvgIpc) is 3.01. The number of hydrogen-bond donors (Lipinski definition) is 3. The third-order valence-corrected chi connectivity index (χ3v) is 4.83. The summed E-state index contributed by atoms with van der Waals surface area (Å²) in [5.41, 5.74) is 1.12. The fourth-order valence-electron chi connectivity index (χ4n) is 3.29. The van der Waals surface area contributed by atoms with E-state index in [9.17, 15) is 10.2 Å². The number of anilines is 1. The maximum atomic E-state index is 10.2. The van der Waals surface area contributed by atoms with Crippen LogP contribution in [0.3, 0.4) is 0 Å². The van der Waals surface area contributed by atoms with Gasteiger partial charge in [0.1, 0.15) is 11.4 Å². The Bertz CT molecular complexity index is 934. The van der Waals surface area contributed by atoms with Crippen LogP contribution in [0.1, 0.15) is 19.3 Å². The van der Waals surface area contributed by atoms with Crippen molar-refractivity contribution in [1.29, 1.82) is 0 Å². The van der Waals surface area contributed by atoms with Gasteiger partial charge in [0.15, 0.2) is 5.82 Å². The number of rotatable bonds is 3. The summed E-state index contributed by atoms with van der Waals surface area (Å²) in [7, 11) is 0. The van der Waals surface area contributed by atoms with Crippen LogP contribution in [-0.4, -0.2) is 37.5 Å². The summed E-state index contributed by atoms with van der Waals surface area (Å²) in [6.45, 7) is 0. The average molecular weight is 357 g/mol. The molecule has 1 saturated carbocycles. The van der Waals surface area contributed by atoms with E-state index in [1.54, 1.807) is 24.5 Å². The monoisotopic (exact) mass is 356 g/mol. The molecule has 0 bridgehead atoms. The molecule has 2 aromatic heterocycles. The molecule has 1 aliphatic carbocycles. The predicted molar refractivity (Wildman–Crippen MR) is 96.7 cm³/mol. The van der Waals surface area contributed by atoms with Gasteiger partial charge in [0.25, 0.3) is 0 Å². The summed E-state index contributed by atoms with van der Waals surface area (Å²) in [6.07, 6.45) is 5.67. The third-order valence-electron chi connectivity index (χ3n) is 4.60. The first-order valence-corrected chi connectivity index (χ1v) is 8.55. The molecule has 0 unspecified atom stereocenters. The van der Waals surface area contributed by atoms with E-state index in [1.165, 1.54) is 6.07 Å². The minimum Gasteiger partial charge on any atom is -0.507 e. The number of fused-ring (bicyclic) bond motifs is 1. The molecule has 3 N–H and O–H groups in total. The second-order valence-electron chi connectivity index (χ2n) is 6.23. The molecule has 0 aliphatic heterocycles. The Hall–Kier alpha value is -2.44. The van der Waals surface area contributed by atoms with E-state index in [1.807, 2.05) is 6.07 Å². The number of aromatic nitrogens is 3. The number of phenols is 1. The van der Waals surface area contributed by atoms with Gasteiger partial charge >= 0.3 is 0 Å². The molecule has 1 fully saturated rings. The van der Waals surface area contributed by atoms with Gasteiger partial charge < -0.3 is 15.5 Å². The summed E-state index contributed by atoms with van der Waals surface area (Å²) in [5, 5.41) is 34.2. The molecule has 0 radical (unpaired) electrons. The Labute approximate surface area is 149 Å². The zero-order valence-corrected chi connectivity index (χ0v) is 14.1. The van der Waals surface area contributed by atoms with Crippen LogP contribution in [-0.2, 0) is 0 Å². The number of hydrogen-bond acceptors (Lipinski definition) is 6. The van der Waals surface area contributed by atoms with Crippen LogP contribution in [0.25, 0.3) is 22.0 Å². The molecule has 7 heteroatoms. The minimum absolute atomic E-state index is 0.0347. The fraction of sp³-hybridized carbons (Fsp3) is 0.278. The van der Waals surface area contributed by atoms with Crippen LogP contribution in [0, 0.1) is 0 Å². The van der Waals surface area contributed by atoms with Crippen molar-refractivity contribution in [2.75, 3.05) is 5.32 Å². The van der Waals surface area contributed by atoms with Crippen molar-refractivity contribution in [3.05, 3.63) is 41.7 Å². The van der Waals surface area contributed by atoms with E-state index in [0.29, 0.717) is 22.1 Å². The molecule has 4 rings (SSSR count). The molecule has 0 spiro atoms. The van der Waals surface area contributed by atoms with Crippen molar-refractivity contribution in [3.8, 4) is 17.0 Å². The van der Waals surface area contributed by atoms with Gasteiger partial charge in [0, 0.05) is 33.8 Å². The van der Waals surface area contributed by atoms with Crippen LogP contribution in [0.4, 0.5) is 5.82 Å². The molecule has 0 amide bonds. The lowest BCUT2D eigenvalue weighted by Gasteiger charge is -2.18. The molecule has 2 heterocycles. The Morgan fingerprint density at radius 3 is 2.76 bits per heavy atom. The van der Waals surface area contributed by atoms with Gasteiger partial charge in [-0.25, -0.2) is 0 Å². The standard InChI is InChI=1S/C18H17ClN4O2/c19-10-4-5-12(16(25)8-10)17-11-6-7-20-9-13(11)18(23-22-17)21-14-2-1-3-15(14)24/h4-9,14-15,24-25H,1-3H2,(H,21,23)/t14-,15-/m1/s1. The normalized spacial score (nSPS) is 20.1. The number of pyridine rings is 1. The van der Waals surface area contributed by atoms with Crippen molar-refractivity contribution in [2.24, 2.45) is 0 Å². The van der Waals surface area contributed by atoms with Gasteiger partial charge in [0.2, 0.25) is 0 Å². The Balaban J connectivity index is 1.81. The highest BCUT2D eigenvalue weighted by Crippen LogP contribution is 2.36. The highest BCUT2D eigenvalue weighted by molar-refractivity contribution is 6.30. The molecule has 0 saturated heterocycles. The summed E-state index contributed by atoms with van der Waals surface area (Å²) in [4.78, 5) is 4.18. The van der Waals surface area contributed by atoms with Gasteiger partial charge in [-0.1, -0.05) is 11.6 Å². The van der Waals surface area contributed by atoms with Crippen molar-refractivity contribution in [2.45, 2.75) is 31.4 Å². The van der Waals surface area contributed by atoms with Crippen molar-refractivity contribution >= 4 is 28.2 Å². The van der Waals surface area contributed by atoms with Gasteiger partial charge in [0.05, 0.1) is 12.1 Å². The number of nitrogens with zero attached hydrogens (tertiary/aromatic N) is 3. The molecule has 128 valence electrons. The van der Waals surface area contributed by atoms with Crippen LogP contribution >= 0.6 is 11.6 Å². The zero-order valence-electron chi connectivity index (χ0n) is 13.4. The van der Waals surface area contributed by atoms with Crippen molar-refractivity contribution < 1.29 is 10.2 Å². The number of benzene rings is 1. The first kappa shape index (κ1) is 16.1. The van der Waals surface area contributed by atoms with E-state index in [4.69, 9.17) is 11.6 Å². The number of halogens is 1. The molecule has 1 aliphatic rings. The molecule has 2 atom stereocenters. The third kappa shape index (κ3) is 2.99.